The summed E-state index contributed by atoms with van der Waals surface area (Å²) >= 11 is 0. The largest absolute Gasteiger partial charge is 0.480 e. The third-order valence-electron chi connectivity index (χ3n) is 2.24. The fourth-order valence-corrected chi connectivity index (χ4v) is 1.34. The molecule has 0 aliphatic heterocycles. The van der Waals surface area contributed by atoms with Crippen molar-refractivity contribution in [3.8, 4) is 0 Å². The zero-order valence-electron chi connectivity index (χ0n) is 8.34. The van der Waals surface area contributed by atoms with Gasteiger partial charge in [-0.2, -0.15) is 0 Å². The number of carbonyl (C=O) groups is 1. The molecular weight excluding hydrogens is 182 g/mol. The zero-order valence-corrected chi connectivity index (χ0v) is 8.34. The Morgan fingerprint density at radius 3 is 2.86 bits per heavy atom. The van der Waals surface area contributed by atoms with Gasteiger partial charge in [-0.15, -0.1) is 0 Å². The number of aliphatic carboxylic acids is 1. The molecule has 0 aliphatic carbocycles. The van der Waals surface area contributed by atoms with Gasteiger partial charge in [0.2, 0.25) is 0 Å². The Labute approximate surface area is 82.6 Å². The van der Waals surface area contributed by atoms with E-state index in [4.69, 9.17) is 10.8 Å². The number of rotatable bonds is 4. The summed E-state index contributed by atoms with van der Waals surface area (Å²) in [4.78, 5) is 14.7. The summed E-state index contributed by atoms with van der Waals surface area (Å²) in [5.74, 6) is -0.982. The van der Waals surface area contributed by atoms with Crippen LogP contribution in [0.3, 0.4) is 0 Å². The van der Waals surface area contributed by atoms with Gasteiger partial charge in [0.15, 0.2) is 0 Å². The number of imidazole rings is 1. The second-order valence-corrected chi connectivity index (χ2v) is 3.79. The Hall–Kier alpha value is -1.36. The van der Waals surface area contributed by atoms with Crippen LogP contribution in [-0.4, -0.2) is 26.2 Å². The molecule has 0 bridgehead atoms. The minimum Gasteiger partial charge on any atom is -0.480 e. The van der Waals surface area contributed by atoms with E-state index in [0.29, 0.717) is 6.42 Å². The third kappa shape index (κ3) is 2.32. The van der Waals surface area contributed by atoms with E-state index in [1.807, 2.05) is 11.5 Å². The summed E-state index contributed by atoms with van der Waals surface area (Å²) in [5.41, 5.74) is 4.44. The van der Waals surface area contributed by atoms with Crippen molar-refractivity contribution in [1.29, 1.82) is 0 Å². The van der Waals surface area contributed by atoms with E-state index in [-0.39, 0.29) is 6.04 Å². The number of aromatic nitrogens is 2. The molecule has 0 aromatic carbocycles. The molecule has 0 aliphatic rings. The monoisotopic (exact) mass is 197 g/mol. The van der Waals surface area contributed by atoms with E-state index in [2.05, 4.69) is 4.98 Å². The van der Waals surface area contributed by atoms with Crippen LogP contribution in [0.15, 0.2) is 18.7 Å². The summed E-state index contributed by atoms with van der Waals surface area (Å²) in [6, 6.07) is 0.0311. The van der Waals surface area contributed by atoms with Gasteiger partial charge >= 0.3 is 5.97 Å². The molecular formula is C9H15N3O2. The SMILES string of the molecule is CC(CC(C)(N)C(=O)O)n1ccnc1. The van der Waals surface area contributed by atoms with Crippen molar-refractivity contribution in [3.05, 3.63) is 18.7 Å². The maximum Gasteiger partial charge on any atom is 0.323 e. The third-order valence-corrected chi connectivity index (χ3v) is 2.24. The summed E-state index contributed by atoms with van der Waals surface area (Å²) in [5, 5.41) is 8.84. The van der Waals surface area contributed by atoms with Crippen LogP contribution < -0.4 is 5.73 Å². The number of hydrogen-bond acceptors (Lipinski definition) is 3. The predicted octanol–water partition coefficient (Wildman–Crippen LogP) is 0.636. The topological polar surface area (TPSA) is 81.1 Å². The molecule has 1 rings (SSSR count). The van der Waals surface area contributed by atoms with Gasteiger partial charge in [-0.05, 0) is 20.3 Å². The van der Waals surface area contributed by atoms with Gasteiger partial charge < -0.3 is 15.4 Å². The molecule has 0 spiro atoms. The standard InChI is InChI=1S/C9H15N3O2/c1-7(12-4-3-11-6-12)5-9(2,10)8(13)14/h3-4,6-7H,5,10H2,1-2H3,(H,13,14). The normalized spacial score (nSPS) is 17.4. The van der Waals surface area contributed by atoms with Crippen LogP contribution in [0.4, 0.5) is 0 Å². The molecule has 1 heterocycles. The van der Waals surface area contributed by atoms with E-state index in [1.54, 1.807) is 18.7 Å². The van der Waals surface area contributed by atoms with Crippen LogP contribution in [0.2, 0.25) is 0 Å². The lowest BCUT2D eigenvalue weighted by Gasteiger charge is -2.24. The van der Waals surface area contributed by atoms with Crippen LogP contribution in [-0.2, 0) is 4.79 Å². The highest BCUT2D eigenvalue weighted by atomic mass is 16.4. The molecule has 0 radical (unpaired) electrons. The van der Waals surface area contributed by atoms with Crippen LogP contribution in [0, 0.1) is 0 Å². The average molecular weight is 197 g/mol. The van der Waals surface area contributed by atoms with Gasteiger partial charge in [0.05, 0.1) is 6.33 Å². The summed E-state index contributed by atoms with van der Waals surface area (Å²) < 4.78 is 1.84. The van der Waals surface area contributed by atoms with Gasteiger partial charge in [-0.25, -0.2) is 4.98 Å². The van der Waals surface area contributed by atoms with Crippen LogP contribution >= 0.6 is 0 Å². The minimum atomic E-state index is -1.19. The van der Waals surface area contributed by atoms with Gasteiger partial charge in [-0.3, -0.25) is 4.79 Å². The summed E-state index contributed by atoms with van der Waals surface area (Å²) in [6.45, 7) is 3.43. The first kappa shape index (κ1) is 10.7. The lowest BCUT2D eigenvalue weighted by molar-refractivity contribution is -0.143. The zero-order chi connectivity index (χ0) is 10.8. The first-order chi connectivity index (χ1) is 6.43. The summed E-state index contributed by atoms with van der Waals surface area (Å²) in [7, 11) is 0. The molecule has 14 heavy (non-hydrogen) atoms. The second-order valence-electron chi connectivity index (χ2n) is 3.79. The number of nitrogens with two attached hydrogens (primary N) is 1. The smallest absolute Gasteiger partial charge is 0.323 e. The molecule has 5 heteroatoms. The first-order valence-electron chi connectivity index (χ1n) is 4.43. The second kappa shape index (κ2) is 3.79. The van der Waals surface area contributed by atoms with E-state index in [9.17, 15) is 4.79 Å². The average Bonchev–Trinajstić information content (AvgIpc) is 2.54. The molecule has 1 aromatic rings. The molecule has 3 N–H and O–H groups in total. The Kier molecular flexibility index (Phi) is 2.90. The van der Waals surface area contributed by atoms with Crippen LogP contribution in [0.1, 0.15) is 26.3 Å². The Morgan fingerprint density at radius 2 is 2.43 bits per heavy atom. The highest BCUT2D eigenvalue weighted by Gasteiger charge is 2.30. The fraction of sp³-hybridized carbons (Fsp3) is 0.556. The molecule has 5 nitrogen and oxygen atoms in total. The Morgan fingerprint density at radius 1 is 1.79 bits per heavy atom. The van der Waals surface area contributed by atoms with Gasteiger partial charge in [-0.1, -0.05) is 0 Å². The molecule has 0 fully saturated rings. The number of hydrogen-bond donors (Lipinski definition) is 2. The van der Waals surface area contributed by atoms with Gasteiger partial charge in [0.1, 0.15) is 5.54 Å². The molecule has 0 saturated carbocycles. The van der Waals surface area contributed by atoms with E-state index in [0.717, 1.165) is 0 Å². The summed E-state index contributed by atoms with van der Waals surface area (Å²) in [6.07, 6.45) is 5.48. The van der Waals surface area contributed by atoms with Crippen molar-refractivity contribution in [2.24, 2.45) is 5.73 Å². The molecule has 1 aromatic heterocycles. The maximum atomic E-state index is 10.8. The molecule has 2 unspecified atom stereocenters. The molecule has 0 saturated heterocycles. The van der Waals surface area contributed by atoms with Crippen molar-refractivity contribution in [2.75, 3.05) is 0 Å². The van der Waals surface area contributed by atoms with Crippen molar-refractivity contribution < 1.29 is 9.90 Å². The van der Waals surface area contributed by atoms with Crippen molar-refractivity contribution in [2.45, 2.75) is 31.8 Å². The van der Waals surface area contributed by atoms with Crippen molar-refractivity contribution in [1.82, 2.24) is 9.55 Å². The molecule has 0 amide bonds. The van der Waals surface area contributed by atoms with E-state index in [1.165, 1.54) is 6.92 Å². The van der Waals surface area contributed by atoms with E-state index < -0.39 is 11.5 Å². The van der Waals surface area contributed by atoms with E-state index >= 15 is 0 Å². The van der Waals surface area contributed by atoms with Crippen molar-refractivity contribution >= 4 is 5.97 Å². The predicted molar refractivity (Wildman–Crippen MR) is 51.8 cm³/mol. The Balaban J connectivity index is 2.66. The van der Waals surface area contributed by atoms with Gasteiger partial charge in [0, 0.05) is 18.4 Å². The quantitative estimate of drug-likeness (QED) is 0.742. The molecule has 78 valence electrons. The maximum absolute atomic E-state index is 10.8. The first-order valence-corrected chi connectivity index (χ1v) is 4.43. The van der Waals surface area contributed by atoms with Crippen LogP contribution in [0.5, 0.6) is 0 Å². The highest BCUT2D eigenvalue weighted by molar-refractivity contribution is 5.77. The number of carboxylic acids is 1. The number of carboxylic acid groups (broad SMARTS) is 1. The minimum absolute atomic E-state index is 0.0311. The van der Waals surface area contributed by atoms with Gasteiger partial charge in [0.25, 0.3) is 0 Å². The van der Waals surface area contributed by atoms with Crippen LogP contribution in [0.25, 0.3) is 0 Å². The van der Waals surface area contributed by atoms with Crippen molar-refractivity contribution in [3.63, 3.8) is 0 Å². The lowest BCUT2D eigenvalue weighted by atomic mass is 9.95. The molecule has 2 atom stereocenters. The fourth-order valence-electron chi connectivity index (χ4n) is 1.34. The highest BCUT2D eigenvalue weighted by Crippen LogP contribution is 2.18. The Bertz CT molecular complexity index is 306. The number of nitrogens with zero attached hydrogens (tertiary/aromatic N) is 2. The lowest BCUT2D eigenvalue weighted by Crippen LogP contribution is -2.46.